The minimum atomic E-state index is 0.318. The second-order valence-electron chi connectivity index (χ2n) is 4.45. The summed E-state index contributed by atoms with van der Waals surface area (Å²) >= 11 is 3.49. The van der Waals surface area contributed by atoms with E-state index >= 15 is 0 Å². The van der Waals surface area contributed by atoms with E-state index in [2.05, 4.69) is 35.1 Å². The van der Waals surface area contributed by atoms with Crippen LogP contribution in [0.5, 0.6) is 0 Å². The minimum absolute atomic E-state index is 0.318. The average molecular weight is 234 g/mol. The van der Waals surface area contributed by atoms with Gasteiger partial charge in [0.25, 0.3) is 0 Å². The molecule has 0 aromatic rings. The third-order valence-corrected chi connectivity index (χ3v) is 3.07. The van der Waals surface area contributed by atoms with Crippen LogP contribution in [0.1, 0.15) is 46.0 Å². The molecular formula is C10H20BrN. The van der Waals surface area contributed by atoms with Crippen LogP contribution < -0.4 is 5.32 Å². The van der Waals surface area contributed by atoms with Crippen LogP contribution in [0.2, 0.25) is 0 Å². The number of nitrogens with one attached hydrogen (secondary N) is 1. The second-order valence-corrected chi connectivity index (χ2v) is 5.24. The lowest BCUT2D eigenvalue weighted by Crippen LogP contribution is -2.45. The van der Waals surface area contributed by atoms with Gasteiger partial charge in [0, 0.05) is 16.9 Å². The monoisotopic (exact) mass is 233 g/mol. The zero-order valence-electron chi connectivity index (χ0n) is 8.20. The molecule has 1 rings (SSSR count). The summed E-state index contributed by atoms with van der Waals surface area (Å²) in [4.78, 5) is 0. The van der Waals surface area contributed by atoms with Gasteiger partial charge in [-0.25, -0.2) is 0 Å². The van der Waals surface area contributed by atoms with E-state index in [0.717, 1.165) is 11.4 Å². The molecule has 0 heterocycles. The van der Waals surface area contributed by atoms with Gasteiger partial charge in [0.05, 0.1) is 0 Å². The Kier molecular flexibility index (Phi) is 4.04. The largest absolute Gasteiger partial charge is 0.309 e. The third-order valence-electron chi connectivity index (χ3n) is 2.67. The summed E-state index contributed by atoms with van der Waals surface area (Å²) in [5, 5.41) is 4.82. The number of alkyl halides is 1. The Morgan fingerprint density at radius 1 is 1.33 bits per heavy atom. The van der Waals surface area contributed by atoms with Gasteiger partial charge < -0.3 is 5.32 Å². The quantitative estimate of drug-likeness (QED) is 0.737. The molecule has 1 fully saturated rings. The summed E-state index contributed by atoms with van der Waals surface area (Å²) in [5.41, 5.74) is 0.318. The van der Waals surface area contributed by atoms with E-state index in [1.54, 1.807) is 0 Å². The highest BCUT2D eigenvalue weighted by atomic mass is 79.9. The molecule has 0 spiro atoms. The number of rotatable bonds is 4. The van der Waals surface area contributed by atoms with Crippen molar-refractivity contribution in [2.75, 3.05) is 5.33 Å². The van der Waals surface area contributed by atoms with Crippen molar-refractivity contribution in [3.63, 3.8) is 0 Å². The van der Waals surface area contributed by atoms with E-state index in [1.165, 1.54) is 32.1 Å². The molecule has 0 atom stereocenters. The summed E-state index contributed by atoms with van der Waals surface area (Å²) in [6, 6.07) is 0.791. The molecule has 1 N–H and O–H groups in total. The highest BCUT2D eigenvalue weighted by molar-refractivity contribution is 9.09. The fraction of sp³-hybridized carbons (Fsp3) is 1.00. The van der Waals surface area contributed by atoms with E-state index in [9.17, 15) is 0 Å². The molecule has 0 aromatic carbocycles. The Morgan fingerprint density at radius 3 is 2.42 bits per heavy atom. The van der Waals surface area contributed by atoms with E-state index in [0.29, 0.717) is 5.54 Å². The Bertz CT molecular complexity index is 128. The molecule has 0 aromatic heterocycles. The van der Waals surface area contributed by atoms with E-state index in [-0.39, 0.29) is 0 Å². The zero-order valence-corrected chi connectivity index (χ0v) is 9.78. The molecule has 0 amide bonds. The van der Waals surface area contributed by atoms with Crippen LogP contribution in [0.15, 0.2) is 0 Å². The van der Waals surface area contributed by atoms with Crippen LogP contribution in [0.25, 0.3) is 0 Å². The summed E-state index contributed by atoms with van der Waals surface area (Å²) in [5.74, 6) is 0. The Hall–Kier alpha value is 0.440. The van der Waals surface area contributed by atoms with Gasteiger partial charge in [-0.05, 0) is 33.1 Å². The predicted molar refractivity (Wildman–Crippen MR) is 57.9 cm³/mol. The van der Waals surface area contributed by atoms with E-state index in [4.69, 9.17) is 0 Å². The topological polar surface area (TPSA) is 12.0 Å². The van der Waals surface area contributed by atoms with Gasteiger partial charge in [-0.3, -0.25) is 0 Å². The van der Waals surface area contributed by atoms with Gasteiger partial charge >= 0.3 is 0 Å². The summed E-state index contributed by atoms with van der Waals surface area (Å²) in [7, 11) is 0. The maximum absolute atomic E-state index is 3.73. The molecular weight excluding hydrogens is 214 g/mol. The van der Waals surface area contributed by atoms with E-state index in [1.807, 2.05) is 0 Å². The first kappa shape index (κ1) is 10.5. The van der Waals surface area contributed by atoms with Crippen LogP contribution >= 0.6 is 15.9 Å². The first-order valence-electron chi connectivity index (χ1n) is 4.98. The van der Waals surface area contributed by atoms with Crippen LogP contribution in [-0.4, -0.2) is 16.9 Å². The lowest BCUT2D eigenvalue weighted by atomic mass is 10.00. The minimum Gasteiger partial charge on any atom is -0.309 e. The molecule has 0 saturated heterocycles. The molecule has 0 aliphatic heterocycles. The number of hydrogen-bond acceptors (Lipinski definition) is 1. The van der Waals surface area contributed by atoms with Crippen LogP contribution in [-0.2, 0) is 0 Å². The van der Waals surface area contributed by atoms with Crippen molar-refractivity contribution in [3.05, 3.63) is 0 Å². The fourth-order valence-electron chi connectivity index (χ4n) is 1.93. The lowest BCUT2D eigenvalue weighted by molar-refractivity contribution is 0.328. The Morgan fingerprint density at radius 2 is 1.92 bits per heavy atom. The second kappa shape index (κ2) is 4.61. The molecule has 72 valence electrons. The molecule has 1 saturated carbocycles. The highest BCUT2D eigenvalue weighted by Crippen LogP contribution is 2.21. The van der Waals surface area contributed by atoms with Crippen molar-refractivity contribution in [1.82, 2.24) is 5.32 Å². The highest BCUT2D eigenvalue weighted by Gasteiger charge is 2.23. The summed E-state index contributed by atoms with van der Waals surface area (Å²) in [6.45, 7) is 4.60. The first-order valence-corrected chi connectivity index (χ1v) is 6.10. The molecule has 1 aliphatic carbocycles. The van der Waals surface area contributed by atoms with Crippen molar-refractivity contribution in [3.8, 4) is 0 Å². The molecule has 0 unspecified atom stereocenters. The third kappa shape index (κ3) is 3.44. The SMILES string of the molecule is CC(C)(CCBr)NC1CCCC1. The van der Waals surface area contributed by atoms with Crippen molar-refractivity contribution >= 4 is 15.9 Å². The normalized spacial score (nSPS) is 20.2. The first-order chi connectivity index (χ1) is 5.64. The van der Waals surface area contributed by atoms with Crippen LogP contribution in [0.4, 0.5) is 0 Å². The maximum atomic E-state index is 3.73. The summed E-state index contributed by atoms with van der Waals surface area (Å²) in [6.07, 6.45) is 6.81. The van der Waals surface area contributed by atoms with E-state index < -0.39 is 0 Å². The Labute approximate surface area is 84.4 Å². The number of hydrogen-bond donors (Lipinski definition) is 1. The van der Waals surface area contributed by atoms with Gasteiger partial charge in [0.1, 0.15) is 0 Å². The van der Waals surface area contributed by atoms with Crippen molar-refractivity contribution in [1.29, 1.82) is 0 Å². The van der Waals surface area contributed by atoms with Crippen molar-refractivity contribution < 1.29 is 0 Å². The fourth-order valence-corrected chi connectivity index (χ4v) is 2.92. The molecule has 12 heavy (non-hydrogen) atoms. The molecule has 0 radical (unpaired) electrons. The zero-order chi connectivity index (χ0) is 9.03. The van der Waals surface area contributed by atoms with Gasteiger partial charge in [-0.15, -0.1) is 0 Å². The average Bonchev–Trinajstić information content (AvgIpc) is 2.38. The molecule has 1 nitrogen and oxygen atoms in total. The van der Waals surface area contributed by atoms with Gasteiger partial charge in [-0.1, -0.05) is 28.8 Å². The van der Waals surface area contributed by atoms with Crippen LogP contribution in [0, 0.1) is 0 Å². The van der Waals surface area contributed by atoms with Crippen LogP contribution in [0.3, 0.4) is 0 Å². The van der Waals surface area contributed by atoms with Crippen molar-refractivity contribution in [2.45, 2.75) is 57.5 Å². The summed E-state index contributed by atoms with van der Waals surface area (Å²) < 4.78 is 0. The maximum Gasteiger partial charge on any atom is 0.0135 e. The standard InChI is InChI=1S/C10H20BrN/c1-10(2,7-8-11)12-9-5-3-4-6-9/h9,12H,3-8H2,1-2H3. The number of halogens is 1. The van der Waals surface area contributed by atoms with Gasteiger partial charge in [0.2, 0.25) is 0 Å². The predicted octanol–water partition coefficient (Wildman–Crippen LogP) is 3.08. The molecule has 1 aliphatic rings. The molecule has 0 bridgehead atoms. The molecule has 2 heteroatoms. The van der Waals surface area contributed by atoms with Gasteiger partial charge in [-0.2, -0.15) is 0 Å². The van der Waals surface area contributed by atoms with Gasteiger partial charge in [0.15, 0.2) is 0 Å². The van der Waals surface area contributed by atoms with Crippen molar-refractivity contribution in [2.24, 2.45) is 0 Å². The lowest BCUT2D eigenvalue weighted by Gasteiger charge is -2.29. The Balaban J connectivity index is 2.27. The smallest absolute Gasteiger partial charge is 0.0135 e.